The second kappa shape index (κ2) is 8.65. The van der Waals surface area contributed by atoms with Gasteiger partial charge in [-0.2, -0.15) is 0 Å². The minimum absolute atomic E-state index is 0.0694. The van der Waals surface area contributed by atoms with Crippen LogP contribution >= 0.6 is 11.6 Å². The Morgan fingerprint density at radius 2 is 1.93 bits per heavy atom. The number of amides is 2. The van der Waals surface area contributed by atoms with E-state index in [4.69, 9.17) is 16.3 Å². The van der Waals surface area contributed by atoms with Gasteiger partial charge in [0.1, 0.15) is 12.4 Å². The Kier molecular flexibility index (Phi) is 6.25. The third-order valence-electron chi connectivity index (χ3n) is 4.93. The fourth-order valence-corrected chi connectivity index (χ4v) is 3.39. The molecule has 148 valence electrons. The number of nitrogens with zero attached hydrogens (tertiary/aromatic N) is 1. The second-order valence-corrected chi connectivity index (χ2v) is 7.97. The minimum Gasteiger partial charge on any atom is -0.490 e. The minimum atomic E-state index is -0.256. The van der Waals surface area contributed by atoms with Crippen molar-refractivity contribution in [2.75, 3.05) is 24.6 Å². The molecule has 0 aliphatic carbocycles. The third kappa shape index (κ3) is 4.84. The van der Waals surface area contributed by atoms with Crippen LogP contribution in [-0.2, 0) is 15.0 Å². The molecule has 1 aliphatic heterocycles. The van der Waals surface area contributed by atoms with Crippen LogP contribution in [0.5, 0.6) is 5.75 Å². The number of rotatable bonds is 6. The highest BCUT2D eigenvalue weighted by atomic mass is 35.5. The molecule has 1 N–H and O–H groups in total. The summed E-state index contributed by atoms with van der Waals surface area (Å²) < 4.78 is 5.57. The van der Waals surface area contributed by atoms with Crippen LogP contribution in [0.25, 0.3) is 0 Å². The van der Waals surface area contributed by atoms with Crippen LogP contribution in [-0.4, -0.2) is 31.5 Å². The van der Waals surface area contributed by atoms with Crippen molar-refractivity contribution < 1.29 is 14.3 Å². The monoisotopic (exact) mass is 400 g/mol. The molecule has 5 nitrogen and oxygen atoms in total. The summed E-state index contributed by atoms with van der Waals surface area (Å²) in [5.41, 5.74) is 1.57. The van der Waals surface area contributed by atoms with Crippen LogP contribution in [0.4, 0.5) is 5.69 Å². The summed E-state index contributed by atoms with van der Waals surface area (Å²) in [6.07, 6.45) is 0.321. The van der Waals surface area contributed by atoms with Gasteiger partial charge in [-0.3, -0.25) is 9.59 Å². The molecule has 0 saturated carbocycles. The van der Waals surface area contributed by atoms with Gasteiger partial charge in [-0.15, -0.1) is 0 Å². The van der Waals surface area contributed by atoms with Crippen molar-refractivity contribution in [3.8, 4) is 5.75 Å². The van der Waals surface area contributed by atoms with Crippen molar-refractivity contribution in [2.45, 2.75) is 32.1 Å². The first-order valence-corrected chi connectivity index (χ1v) is 9.79. The summed E-state index contributed by atoms with van der Waals surface area (Å²) in [5, 5.41) is 3.62. The van der Waals surface area contributed by atoms with E-state index in [2.05, 4.69) is 19.2 Å². The van der Waals surface area contributed by atoms with Crippen LogP contribution in [0.3, 0.4) is 0 Å². The first-order valence-electron chi connectivity index (χ1n) is 9.42. The van der Waals surface area contributed by atoms with Gasteiger partial charge in [0.15, 0.2) is 0 Å². The largest absolute Gasteiger partial charge is 0.490 e. The van der Waals surface area contributed by atoms with Gasteiger partial charge in [0.25, 0.3) is 0 Å². The van der Waals surface area contributed by atoms with Gasteiger partial charge in [-0.05, 0) is 29.8 Å². The molecule has 0 spiro atoms. The molecule has 0 saturated heterocycles. The maximum Gasteiger partial charge on any atom is 0.227 e. The van der Waals surface area contributed by atoms with Crippen LogP contribution < -0.4 is 15.0 Å². The number of para-hydroxylation sites is 2. The van der Waals surface area contributed by atoms with Gasteiger partial charge in [-0.1, -0.05) is 49.7 Å². The maximum absolute atomic E-state index is 12.6. The van der Waals surface area contributed by atoms with E-state index in [9.17, 15) is 9.59 Å². The highest BCUT2D eigenvalue weighted by Crippen LogP contribution is 2.31. The van der Waals surface area contributed by atoms with E-state index < -0.39 is 0 Å². The SMILES string of the molecule is CC(C)(CNC(=O)CCC(=O)N1CCOc2ccccc21)c1cccc(Cl)c1. The molecule has 2 aromatic carbocycles. The summed E-state index contributed by atoms with van der Waals surface area (Å²) in [4.78, 5) is 26.6. The molecule has 0 bridgehead atoms. The zero-order chi connectivity index (χ0) is 20.1. The molecule has 2 amide bonds. The Hall–Kier alpha value is -2.53. The Morgan fingerprint density at radius 3 is 2.71 bits per heavy atom. The molecule has 0 aromatic heterocycles. The van der Waals surface area contributed by atoms with Gasteiger partial charge < -0.3 is 15.0 Å². The van der Waals surface area contributed by atoms with E-state index in [1.807, 2.05) is 48.5 Å². The molecule has 0 fully saturated rings. The number of nitrogens with one attached hydrogen (secondary N) is 1. The van der Waals surface area contributed by atoms with Gasteiger partial charge >= 0.3 is 0 Å². The molecular weight excluding hydrogens is 376 g/mol. The molecule has 1 aliphatic rings. The predicted molar refractivity (Wildman–Crippen MR) is 111 cm³/mol. The second-order valence-electron chi connectivity index (χ2n) is 7.53. The van der Waals surface area contributed by atoms with Crippen LogP contribution in [0.2, 0.25) is 5.02 Å². The summed E-state index contributed by atoms with van der Waals surface area (Å²) in [7, 11) is 0. The molecule has 0 unspecified atom stereocenters. The van der Waals surface area contributed by atoms with Crippen LogP contribution in [0.1, 0.15) is 32.3 Å². The van der Waals surface area contributed by atoms with E-state index >= 15 is 0 Å². The summed E-state index contributed by atoms with van der Waals surface area (Å²) in [6.45, 7) is 5.53. The molecule has 28 heavy (non-hydrogen) atoms. The molecule has 1 heterocycles. The Morgan fingerprint density at radius 1 is 1.14 bits per heavy atom. The normalized spacial score (nSPS) is 13.5. The number of carbonyl (C=O) groups excluding carboxylic acids is 2. The molecule has 0 atom stereocenters. The molecule has 6 heteroatoms. The van der Waals surface area contributed by atoms with E-state index in [1.165, 1.54) is 0 Å². The average molecular weight is 401 g/mol. The number of fused-ring (bicyclic) bond motifs is 1. The third-order valence-corrected chi connectivity index (χ3v) is 5.16. The first kappa shape index (κ1) is 20.2. The van der Waals surface area contributed by atoms with Crippen LogP contribution in [0, 0.1) is 0 Å². The van der Waals surface area contributed by atoms with Crippen molar-refractivity contribution in [3.05, 3.63) is 59.1 Å². The van der Waals surface area contributed by atoms with Crippen molar-refractivity contribution in [1.82, 2.24) is 5.32 Å². The number of carbonyl (C=O) groups is 2. The first-order chi connectivity index (χ1) is 13.4. The number of hydrogen-bond donors (Lipinski definition) is 1. The topological polar surface area (TPSA) is 58.6 Å². The quantitative estimate of drug-likeness (QED) is 0.798. The number of hydrogen-bond acceptors (Lipinski definition) is 3. The molecule has 3 rings (SSSR count). The maximum atomic E-state index is 12.6. The highest BCUT2D eigenvalue weighted by Gasteiger charge is 2.25. The lowest BCUT2D eigenvalue weighted by molar-refractivity contribution is -0.125. The van der Waals surface area contributed by atoms with E-state index in [-0.39, 0.29) is 30.1 Å². The fraction of sp³-hybridized carbons (Fsp3) is 0.364. The number of benzene rings is 2. The van der Waals surface area contributed by atoms with Crippen molar-refractivity contribution in [1.29, 1.82) is 0 Å². The lowest BCUT2D eigenvalue weighted by Gasteiger charge is -2.29. The zero-order valence-electron chi connectivity index (χ0n) is 16.2. The summed E-state index contributed by atoms with van der Waals surface area (Å²) in [6, 6.07) is 15.1. The number of anilines is 1. The predicted octanol–water partition coefficient (Wildman–Crippen LogP) is 3.94. The van der Waals surface area contributed by atoms with E-state index in [1.54, 1.807) is 4.90 Å². The zero-order valence-corrected chi connectivity index (χ0v) is 17.0. The van der Waals surface area contributed by atoms with Gasteiger partial charge in [0.05, 0.1) is 12.2 Å². The number of halogens is 1. The Balaban J connectivity index is 1.51. The van der Waals surface area contributed by atoms with Crippen molar-refractivity contribution >= 4 is 29.1 Å². The molecule has 0 radical (unpaired) electrons. The van der Waals surface area contributed by atoms with Gasteiger partial charge in [0, 0.05) is 29.8 Å². The lowest BCUT2D eigenvalue weighted by Crippen LogP contribution is -2.39. The fourth-order valence-electron chi connectivity index (χ4n) is 3.20. The van der Waals surface area contributed by atoms with E-state index in [0.29, 0.717) is 30.5 Å². The lowest BCUT2D eigenvalue weighted by atomic mass is 9.84. The van der Waals surface area contributed by atoms with Crippen molar-refractivity contribution in [3.63, 3.8) is 0 Å². The average Bonchev–Trinajstić information content (AvgIpc) is 2.70. The number of ether oxygens (including phenoxy) is 1. The summed E-state index contributed by atoms with van der Waals surface area (Å²) in [5.74, 6) is 0.500. The van der Waals surface area contributed by atoms with Gasteiger partial charge in [0.2, 0.25) is 11.8 Å². The van der Waals surface area contributed by atoms with E-state index in [0.717, 1.165) is 11.3 Å². The highest BCUT2D eigenvalue weighted by molar-refractivity contribution is 6.30. The molecular formula is C22H25ClN2O3. The van der Waals surface area contributed by atoms with Crippen molar-refractivity contribution in [2.24, 2.45) is 0 Å². The van der Waals surface area contributed by atoms with Gasteiger partial charge in [-0.25, -0.2) is 0 Å². The summed E-state index contributed by atoms with van der Waals surface area (Å²) >= 11 is 6.07. The van der Waals surface area contributed by atoms with Crippen LogP contribution in [0.15, 0.2) is 48.5 Å². The standard InChI is InChI=1S/C22H25ClN2O3/c1-22(2,16-6-5-7-17(23)14-16)15-24-20(26)10-11-21(27)25-12-13-28-19-9-4-3-8-18(19)25/h3-9,14H,10-13,15H2,1-2H3,(H,24,26). The molecule has 2 aromatic rings. The Bertz CT molecular complexity index is 866. The Labute approximate surface area is 170 Å². The smallest absolute Gasteiger partial charge is 0.227 e.